The summed E-state index contributed by atoms with van der Waals surface area (Å²) in [6.07, 6.45) is 8.56. The van der Waals surface area contributed by atoms with Gasteiger partial charge in [0.05, 0.1) is 0 Å². The van der Waals surface area contributed by atoms with Gasteiger partial charge in [0, 0.05) is 5.41 Å². The van der Waals surface area contributed by atoms with Gasteiger partial charge in [0.1, 0.15) is 0 Å². The monoisotopic (exact) mass is 731 g/mol. The Bertz CT molecular complexity index is 1130. The maximum Gasteiger partial charge on any atom is 0.0158 e. The van der Waals surface area contributed by atoms with Gasteiger partial charge < -0.3 is 0 Å². The van der Waals surface area contributed by atoms with Crippen molar-refractivity contribution in [2.45, 2.75) is 189 Å². The molecule has 1 saturated carbocycles. The SMILES string of the molecule is C.C.CC.CC.CC.CC.CC.CC(C)c1ccccc1.CC1(C)CCCCC1.CC1(C)c2ccccc2-c2ccccc21.CCC.c1ccccc1. The quantitative estimate of drug-likeness (QED) is 0.183. The minimum Gasteiger partial charge on any atom is -0.0776 e. The lowest BCUT2D eigenvalue weighted by molar-refractivity contribution is 0.244. The van der Waals surface area contributed by atoms with Crippen molar-refractivity contribution < 1.29 is 0 Å². The van der Waals surface area contributed by atoms with Gasteiger partial charge in [-0.25, -0.2) is 0 Å². The van der Waals surface area contributed by atoms with Gasteiger partial charge in [-0.05, 0) is 52.0 Å². The summed E-state index contributed by atoms with van der Waals surface area (Å²) in [5.74, 6) is 0.659. The summed E-state index contributed by atoms with van der Waals surface area (Å²) in [6.45, 7) is 38.0. The number of hydrogen-bond donors (Lipinski definition) is 0. The first-order chi connectivity index (χ1) is 24.6. The van der Waals surface area contributed by atoms with Crippen LogP contribution in [-0.2, 0) is 5.41 Å². The number of benzene rings is 4. The molecule has 0 unspecified atom stereocenters. The molecule has 0 bridgehead atoms. The molecule has 0 nitrogen and oxygen atoms in total. The predicted molar refractivity (Wildman–Crippen MR) is 254 cm³/mol. The van der Waals surface area contributed by atoms with E-state index in [9.17, 15) is 0 Å². The Labute approximate surface area is 336 Å². The van der Waals surface area contributed by atoms with Gasteiger partial charge in [0.2, 0.25) is 0 Å². The molecule has 4 aromatic rings. The summed E-state index contributed by atoms with van der Waals surface area (Å²) >= 11 is 0. The molecular formula is C53H94. The van der Waals surface area contributed by atoms with Gasteiger partial charge in [-0.1, -0.05) is 280 Å². The van der Waals surface area contributed by atoms with Crippen molar-refractivity contribution in [2.75, 3.05) is 0 Å². The molecule has 2 aliphatic rings. The van der Waals surface area contributed by atoms with Crippen LogP contribution in [0.2, 0.25) is 0 Å². The van der Waals surface area contributed by atoms with E-state index in [1.54, 1.807) is 0 Å². The number of fused-ring (bicyclic) bond motifs is 3. The van der Waals surface area contributed by atoms with Crippen molar-refractivity contribution in [1.29, 1.82) is 0 Å². The second-order valence-corrected chi connectivity index (χ2v) is 12.9. The smallest absolute Gasteiger partial charge is 0.0158 e. The molecule has 0 aliphatic heterocycles. The van der Waals surface area contributed by atoms with Gasteiger partial charge >= 0.3 is 0 Å². The standard InChI is InChI=1S/C15H14.C9H12.C8H16.C6H6.C3H8.5C2H6.2CH4/c1-15(2)13-9-5-3-7-11(13)12-8-4-6-10-14(12)15;1-8(2)9-6-4-3-5-7-9;1-8(2)6-4-3-5-7-8;1-2-4-6-5-3-1;1-3-2;5*1-2;;/h3-10H,1-2H3;3-8H,1-2H3;3-7H2,1-2H3;1-6H;3H2,1-2H3;5*1-2H3;2*1H4. The first kappa shape index (κ1) is 61.9. The average Bonchev–Trinajstić information content (AvgIpc) is 3.44. The number of hydrogen-bond acceptors (Lipinski definition) is 0. The maximum absolute atomic E-state index is 2.38. The molecule has 0 spiro atoms. The van der Waals surface area contributed by atoms with Crippen molar-refractivity contribution in [3.05, 3.63) is 132 Å². The van der Waals surface area contributed by atoms with Crippen LogP contribution in [0.5, 0.6) is 0 Å². The Morgan fingerprint density at radius 1 is 0.434 bits per heavy atom. The first-order valence-electron chi connectivity index (χ1n) is 20.9. The molecule has 2 aliphatic carbocycles. The fourth-order valence-electron chi connectivity index (χ4n) is 5.40. The van der Waals surface area contributed by atoms with Crippen LogP contribution in [0.3, 0.4) is 0 Å². The van der Waals surface area contributed by atoms with Crippen molar-refractivity contribution in [3.8, 4) is 11.1 Å². The molecule has 0 aromatic heterocycles. The average molecular weight is 731 g/mol. The molecule has 0 atom stereocenters. The van der Waals surface area contributed by atoms with E-state index in [1.165, 1.54) is 66.3 Å². The molecule has 53 heavy (non-hydrogen) atoms. The highest BCUT2D eigenvalue weighted by Crippen LogP contribution is 2.48. The summed E-state index contributed by atoms with van der Waals surface area (Å²) in [5, 5.41) is 0. The molecule has 0 N–H and O–H groups in total. The van der Waals surface area contributed by atoms with E-state index in [1.807, 2.05) is 112 Å². The zero-order chi connectivity index (χ0) is 40.1. The van der Waals surface area contributed by atoms with Crippen LogP contribution < -0.4 is 0 Å². The number of rotatable bonds is 1. The van der Waals surface area contributed by atoms with E-state index in [0.29, 0.717) is 11.3 Å². The summed E-state index contributed by atoms with van der Waals surface area (Å²) in [5.41, 5.74) is 7.96. The van der Waals surface area contributed by atoms with Gasteiger partial charge in [0.15, 0.2) is 0 Å². The highest BCUT2D eigenvalue weighted by molar-refractivity contribution is 5.80. The molecule has 6 rings (SSSR count). The van der Waals surface area contributed by atoms with Crippen molar-refractivity contribution in [2.24, 2.45) is 5.41 Å². The van der Waals surface area contributed by atoms with E-state index in [2.05, 4.69) is 128 Å². The Kier molecular flexibility index (Phi) is 48.6. The van der Waals surface area contributed by atoms with Gasteiger partial charge in [-0.2, -0.15) is 0 Å². The van der Waals surface area contributed by atoms with Crippen molar-refractivity contribution in [1.82, 2.24) is 0 Å². The molecule has 0 heterocycles. The zero-order valence-electron chi connectivity index (χ0n) is 37.3. The van der Waals surface area contributed by atoms with E-state index in [0.717, 1.165) is 0 Å². The lowest BCUT2D eigenvalue weighted by atomic mass is 9.78. The third kappa shape index (κ3) is 27.2. The summed E-state index contributed by atoms with van der Waals surface area (Å²) in [4.78, 5) is 0. The minimum absolute atomic E-state index is 0. The highest BCUT2D eigenvalue weighted by atomic mass is 14.4. The van der Waals surface area contributed by atoms with Gasteiger partial charge in [0.25, 0.3) is 0 Å². The molecule has 306 valence electrons. The molecule has 0 amide bonds. The van der Waals surface area contributed by atoms with Crippen molar-refractivity contribution in [3.63, 3.8) is 0 Å². The minimum atomic E-state index is 0. The molecule has 1 fully saturated rings. The zero-order valence-corrected chi connectivity index (χ0v) is 37.3. The van der Waals surface area contributed by atoms with Crippen LogP contribution in [0.1, 0.15) is 201 Å². The summed E-state index contributed by atoms with van der Waals surface area (Å²) in [6, 6.07) is 40.0. The highest BCUT2D eigenvalue weighted by Gasteiger charge is 2.34. The van der Waals surface area contributed by atoms with E-state index < -0.39 is 0 Å². The fourth-order valence-corrected chi connectivity index (χ4v) is 5.40. The maximum atomic E-state index is 2.38. The van der Waals surface area contributed by atoms with Crippen LogP contribution in [-0.4, -0.2) is 0 Å². The molecule has 0 saturated heterocycles. The lowest BCUT2D eigenvalue weighted by Crippen LogP contribution is -2.14. The van der Waals surface area contributed by atoms with Crippen LogP contribution in [0.4, 0.5) is 0 Å². The van der Waals surface area contributed by atoms with Gasteiger partial charge in [-0.15, -0.1) is 0 Å². The summed E-state index contributed by atoms with van der Waals surface area (Å²) < 4.78 is 0. The van der Waals surface area contributed by atoms with Crippen LogP contribution in [0.25, 0.3) is 11.1 Å². The largest absolute Gasteiger partial charge is 0.0776 e. The van der Waals surface area contributed by atoms with Gasteiger partial charge in [-0.3, -0.25) is 0 Å². The van der Waals surface area contributed by atoms with Crippen LogP contribution in [0, 0.1) is 5.41 Å². The van der Waals surface area contributed by atoms with E-state index in [-0.39, 0.29) is 20.3 Å². The molecule has 4 aromatic carbocycles. The van der Waals surface area contributed by atoms with Crippen LogP contribution >= 0.6 is 0 Å². The molecule has 0 heteroatoms. The second kappa shape index (κ2) is 41.6. The van der Waals surface area contributed by atoms with Crippen LogP contribution in [0.15, 0.2) is 115 Å². The van der Waals surface area contributed by atoms with E-state index >= 15 is 0 Å². The fraction of sp³-hybridized carbons (Fsp3) is 0.547. The molecule has 0 radical (unpaired) electrons. The Hall–Kier alpha value is -3.12. The second-order valence-electron chi connectivity index (χ2n) is 12.9. The third-order valence-electron chi connectivity index (χ3n) is 7.83. The predicted octanol–water partition coefficient (Wildman–Crippen LogP) is 19.3. The molecular weight excluding hydrogens is 637 g/mol. The van der Waals surface area contributed by atoms with E-state index in [4.69, 9.17) is 0 Å². The third-order valence-corrected chi connectivity index (χ3v) is 7.83. The first-order valence-corrected chi connectivity index (χ1v) is 20.9. The Balaban J connectivity index is -0.000000129. The normalized spacial score (nSPS) is 12.2. The Morgan fingerprint density at radius 3 is 0.943 bits per heavy atom. The summed E-state index contributed by atoms with van der Waals surface area (Å²) in [7, 11) is 0. The van der Waals surface area contributed by atoms with Crippen molar-refractivity contribution >= 4 is 0 Å². The topological polar surface area (TPSA) is 0 Å². The lowest BCUT2D eigenvalue weighted by Gasteiger charge is -2.28. The Morgan fingerprint density at radius 2 is 0.698 bits per heavy atom.